The van der Waals surface area contributed by atoms with Crippen molar-refractivity contribution in [3.63, 3.8) is 0 Å². The predicted octanol–water partition coefficient (Wildman–Crippen LogP) is -1.20. The zero-order valence-electron chi connectivity index (χ0n) is 11.7. The Bertz CT molecular complexity index is 459. The number of carbonyl (C=O) groups is 2. The van der Waals surface area contributed by atoms with Crippen molar-refractivity contribution in [3.05, 3.63) is 12.2 Å². The van der Waals surface area contributed by atoms with E-state index in [1.807, 2.05) is 19.1 Å². The molecule has 0 aliphatic carbocycles. The summed E-state index contributed by atoms with van der Waals surface area (Å²) in [5.41, 5.74) is 11.8. The summed E-state index contributed by atoms with van der Waals surface area (Å²) in [5.74, 6) is -0.204. The van der Waals surface area contributed by atoms with Gasteiger partial charge in [0.2, 0.25) is 11.8 Å². The van der Waals surface area contributed by atoms with E-state index in [9.17, 15) is 9.59 Å². The number of imide groups is 1. The van der Waals surface area contributed by atoms with E-state index in [0.29, 0.717) is 6.54 Å². The lowest BCUT2D eigenvalue weighted by molar-refractivity contribution is -0.154. The number of rotatable bonds is 3. The summed E-state index contributed by atoms with van der Waals surface area (Å²) in [6.07, 6.45) is 2.91. The van der Waals surface area contributed by atoms with Crippen LogP contribution in [-0.2, 0) is 9.59 Å². The number of nitrogens with two attached hydrogens (primary N) is 2. The molecule has 20 heavy (non-hydrogen) atoms. The van der Waals surface area contributed by atoms with Crippen LogP contribution in [0.2, 0.25) is 0 Å². The molecule has 0 bridgehead atoms. The first kappa shape index (κ1) is 14.5. The maximum absolute atomic E-state index is 12.0. The molecule has 8 heteroatoms. The molecule has 0 saturated carbocycles. The zero-order valence-corrected chi connectivity index (χ0v) is 11.7. The third kappa shape index (κ3) is 2.39. The molecule has 0 spiro atoms. The number of likely N-dealkylation sites (tertiary alicyclic amines) is 1. The third-order valence-electron chi connectivity index (χ3n) is 3.48. The van der Waals surface area contributed by atoms with Gasteiger partial charge in [0.05, 0.1) is 0 Å². The number of hydrogen-bond acceptors (Lipinski definition) is 7. The molecule has 1 fully saturated rings. The first-order valence-electron chi connectivity index (χ1n) is 6.51. The number of guanidine groups is 1. The number of amides is 2. The van der Waals surface area contributed by atoms with Gasteiger partial charge < -0.3 is 10.6 Å². The van der Waals surface area contributed by atoms with E-state index in [-0.39, 0.29) is 30.6 Å². The molecule has 8 nitrogen and oxygen atoms in total. The second-order valence-corrected chi connectivity index (χ2v) is 4.78. The van der Waals surface area contributed by atoms with Crippen molar-refractivity contribution in [2.75, 3.05) is 13.6 Å². The minimum absolute atomic E-state index is 0.209. The first-order chi connectivity index (χ1) is 9.47. The van der Waals surface area contributed by atoms with Gasteiger partial charge in [-0.15, -0.1) is 0 Å². The van der Waals surface area contributed by atoms with Crippen LogP contribution >= 0.6 is 0 Å². The van der Waals surface area contributed by atoms with Crippen LogP contribution in [-0.4, -0.2) is 58.6 Å². The topological polar surface area (TPSA) is 108 Å². The van der Waals surface area contributed by atoms with Crippen LogP contribution in [0.15, 0.2) is 17.1 Å². The van der Waals surface area contributed by atoms with Gasteiger partial charge in [0.25, 0.3) is 0 Å². The standard InChI is InChI=1S/C12H20N6O2/c1-3-4-7-17-11(14)15-10(13)16(2)12(17)18-8(19)5-6-9(18)20/h3-4,11-12H,5-7,14H2,1-2H3,(H2,13,15). The summed E-state index contributed by atoms with van der Waals surface area (Å²) in [6.45, 7) is 2.36. The molecule has 4 N–H and O–H groups in total. The minimum Gasteiger partial charge on any atom is -0.370 e. The highest BCUT2D eigenvalue weighted by molar-refractivity contribution is 6.02. The number of hydrogen-bond donors (Lipinski definition) is 2. The normalized spacial score (nSPS) is 28.6. The van der Waals surface area contributed by atoms with Crippen molar-refractivity contribution in [2.45, 2.75) is 32.3 Å². The third-order valence-corrected chi connectivity index (χ3v) is 3.48. The van der Waals surface area contributed by atoms with E-state index in [0.717, 1.165) is 0 Å². The van der Waals surface area contributed by atoms with Crippen LogP contribution in [0.4, 0.5) is 0 Å². The highest BCUT2D eigenvalue weighted by atomic mass is 16.2. The predicted molar refractivity (Wildman–Crippen MR) is 73.8 cm³/mol. The lowest BCUT2D eigenvalue weighted by Gasteiger charge is -2.46. The van der Waals surface area contributed by atoms with Crippen LogP contribution < -0.4 is 11.5 Å². The van der Waals surface area contributed by atoms with Crippen molar-refractivity contribution in [2.24, 2.45) is 16.5 Å². The SMILES string of the molecule is CC=CCN1C(N)N=C(N)N(C)C1N1C(=O)CCC1=O. The summed E-state index contributed by atoms with van der Waals surface area (Å²) in [7, 11) is 1.69. The molecule has 0 aromatic carbocycles. The Hall–Kier alpha value is -1.93. The van der Waals surface area contributed by atoms with E-state index in [4.69, 9.17) is 11.5 Å². The van der Waals surface area contributed by atoms with Crippen LogP contribution in [0.5, 0.6) is 0 Å². The molecule has 110 valence electrons. The fraction of sp³-hybridized carbons (Fsp3) is 0.583. The highest BCUT2D eigenvalue weighted by Crippen LogP contribution is 2.23. The van der Waals surface area contributed by atoms with Gasteiger partial charge >= 0.3 is 0 Å². The quantitative estimate of drug-likeness (QED) is 0.496. The lowest BCUT2D eigenvalue weighted by atomic mass is 10.3. The van der Waals surface area contributed by atoms with Gasteiger partial charge in [0.15, 0.2) is 18.5 Å². The van der Waals surface area contributed by atoms with Crippen molar-refractivity contribution < 1.29 is 9.59 Å². The molecule has 1 saturated heterocycles. The van der Waals surface area contributed by atoms with Gasteiger partial charge in [0, 0.05) is 26.4 Å². The van der Waals surface area contributed by atoms with Crippen LogP contribution in [0, 0.1) is 0 Å². The molecule has 2 rings (SSSR count). The minimum atomic E-state index is -0.686. The summed E-state index contributed by atoms with van der Waals surface area (Å²) < 4.78 is 0. The van der Waals surface area contributed by atoms with E-state index in [2.05, 4.69) is 4.99 Å². The van der Waals surface area contributed by atoms with Gasteiger partial charge in [-0.05, 0) is 6.92 Å². The summed E-state index contributed by atoms with van der Waals surface area (Å²) in [6, 6.07) is 0. The van der Waals surface area contributed by atoms with Crippen LogP contribution in [0.25, 0.3) is 0 Å². The molecule has 0 aromatic rings. The largest absolute Gasteiger partial charge is 0.370 e. The van der Waals surface area contributed by atoms with Crippen molar-refractivity contribution >= 4 is 17.8 Å². The average molecular weight is 280 g/mol. The Labute approximate surface area is 117 Å². The first-order valence-corrected chi connectivity index (χ1v) is 6.51. The van der Waals surface area contributed by atoms with Gasteiger partial charge in [-0.25, -0.2) is 14.8 Å². The van der Waals surface area contributed by atoms with Crippen molar-refractivity contribution in [1.82, 2.24) is 14.7 Å². The summed E-state index contributed by atoms with van der Waals surface area (Å²) >= 11 is 0. The molecule has 0 radical (unpaired) electrons. The Morgan fingerprint density at radius 2 is 1.95 bits per heavy atom. The van der Waals surface area contributed by atoms with Crippen LogP contribution in [0.1, 0.15) is 19.8 Å². The average Bonchev–Trinajstić information content (AvgIpc) is 2.72. The molecular weight excluding hydrogens is 260 g/mol. The monoisotopic (exact) mass is 280 g/mol. The van der Waals surface area contributed by atoms with Gasteiger partial charge in [-0.1, -0.05) is 12.2 Å². The maximum Gasteiger partial charge on any atom is 0.232 e. The summed E-state index contributed by atoms with van der Waals surface area (Å²) in [5, 5.41) is 0. The lowest BCUT2D eigenvalue weighted by Crippen LogP contribution is -2.68. The van der Waals surface area contributed by atoms with Gasteiger partial charge in [-0.2, -0.15) is 0 Å². The van der Waals surface area contributed by atoms with Gasteiger partial charge in [-0.3, -0.25) is 15.3 Å². The molecule has 2 aliphatic rings. The molecule has 0 aromatic heterocycles. The molecule has 2 atom stereocenters. The molecule has 2 unspecified atom stereocenters. The maximum atomic E-state index is 12.0. The van der Waals surface area contributed by atoms with Crippen molar-refractivity contribution in [1.29, 1.82) is 0 Å². The second-order valence-electron chi connectivity index (χ2n) is 4.78. The Morgan fingerprint density at radius 3 is 2.50 bits per heavy atom. The van der Waals surface area contributed by atoms with E-state index in [1.165, 1.54) is 4.90 Å². The van der Waals surface area contributed by atoms with E-state index in [1.54, 1.807) is 16.8 Å². The smallest absolute Gasteiger partial charge is 0.232 e. The Balaban J connectivity index is 2.36. The number of aliphatic imine (C=N–C) groups is 1. The Kier molecular flexibility index (Phi) is 4.05. The number of carbonyl (C=O) groups excluding carboxylic acids is 2. The highest BCUT2D eigenvalue weighted by Gasteiger charge is 2.44. The van der Waals surface area contributed by atoms with Crippen molar-refractivity contribution in [3.8, 4) is 0 Å². The fourth-order valence-electron chi connectivity index (χ4n) is 2.38. The Morgan fingerprint density at radius 1 is 1.35 bits per heavy atom. The summed E-state index contributed by atoms with van der Waals surface area (Å²) in [4.78, 5) is 32.6. The second kappa shape index (κ2) is 5.59. The van der Waals surface area contributed by atoms with Gasteiger partial charge in [0.1, 0.15) is 0 Å². The van der Waals surface area contributed by atoms with E-state index < -0.39 is 12.6 Å². The molecular formula is C12H20N6O2. The number of nitrogens with zero attached hydrogens (tertiary/aromatic N) is 4. The van der Waals surface area contributed by atoms with E-state index >= 15 is 0 Å². The van der Waals surface area contributed by atoms with Crippen LogP contribution in [0.3, 0.4) is 0 Å². The molecule has 2 aliphatic heterocycles. The molecule has 2 amide bonds. The fourth-order valence-corrected chi connectivity index (χ4v) is 2.38. The zero-order chi connectivity index (χ0) is 14.9. The number of allylic oxidation sites excluding steroid dienone is 1. The molecule has 2 heterocycles.